The maximum absolute atomic E-state index is 12.5. The van der Waals surface area contributed by atoms with Gasteiger partial charge in [0.1, 0.15) is 0 Å². The van der Waals surface area contributed by atoms with Crippen molar-refractivity contribution in [3.8, 4) is 0 Å². The van der Waals surface area contributed by atoms with E-state index in [0.717, 1.165) is 5.69 Å². The van der Waals surface area contributed by atoms with Gasteiger partial charge in [0.25, 0.3) is 0 Å². The van der Waals surface area contributed by atoms with E-state index in [1.54, 1.807) is 0 Å². The van der Waals surface area contributed by atoms with Gasteiger partial charge >= 0.3 is 0 Å². The lowest BCUT2D eigenvalue weighted by atomic mass is 10.1. The molecule has 0 spiro atoms. The molecule has 0 radical (unpaired) electrons. The van der Waals surface area contributed by atoms with E-state index < -0.39 is 10.0 Å². The van der Waals surface area contributed by atoms with E-state index in [-0.39, 0.29) is 28.4 Å². The van der Waals surface area contributed by atoms with Gasteiger partial charge in [0.05, 0.1) is 21.5 Å². The van der Waals surface area contributed by atoms with Crippen LogP contribution < -0.4 is 10.0 Å². The molecule has 0 aliphatic carbocycles. The Morgan fingerprint density at radius 3 is 2.36 bits per heavy atom. The number of carbonyl (C=O) groups is 1. The number of nitrogens with zero attached hydrogens (tertiary/aromatic N) is 1. The predicted molar refractivity (Wildman–Crippen MR) is 111 cm³/mol. The highest BCUT2D eigenvalue weighted by molar-refractivity contribution is 7.89. The van der Waals surface area contributed by atoms with Gasteiger partial charge in [-0.05, 0) is 43.2 Å². The molecule has 1 aliphatic rings. The topological polar surface area (TPSA) is 78.5 Å². The second-order valence-corrected chi connectivity index (χ2v) is 9.19. The summed E-state index contributed by atoms with van der Waals surface area (Å²) in [5.41, 5.74) is 0.761. The average molecular weight is 442 g/mol. The lowest BCUT2D eigenvalue weighted by Gasteiger charge is -2.31. The smallest absolute Gasteiger partial charge is 0.240 e. The van der Waals surface area contributed by atoms with Gasteiger partial charge in [0, 0.05) is 24.8 Å². The van der Waals surface area contributed by atoms with E-state index in [2.05, 4.69) is 10.0 Å². The number of nitrogens with one attached hydrogen (secondary N) is 2. The molecule has 1 heterocycles. The Morgan fingerprint density at radius 2 is 1.71 bits per heavy atom. The number of para-hydroxylation sites is 1. The van der Waals surface area contributed by atoms with Crippen LogP contribution in [0.4, 0.5) is 5.69 Å². The molecule has 1 aliphatic heterocycles. The monoisotopic (exact) mass is 441 g/mol. The summed E-state index contributed by atoms with van der Waals surface area (Å²) in [6, 6.07) is 13.3. The molecule has 0 saturated carbocycles. The summed E-state index contributed by atoms with van der Waals surface area (Å²) in [7, 11) is -3.67. The van der Waals surface area contributed by atoms with Crippen LogP contribution in [0.3, 0.4) is 0 Å². The number of halogens is 2. The van der Waals surface area contributed by atoms with Crippen molar-refractivity contribution in [1.29, 1.82) is 0 Å². The van der Waals surface area contributed by atoms with Crippen molar-refractivity contribution >= 4 is 44.8 Å². The maximum Gasteiger partial charge on any atom is 0.240 e. The van der Waals surface area contributed by atoms with E-state index >= 15 is 0 Å². The quantitative estimate of drug-likeness (QED) is 0.719. The number of benzene rings is 2. The predicted octanol–water partition coefficient (Wildman–Crippen LogP) is 3.37. The van der Waals surface area contributed by atoms with Crippen molar-refractivity contribution in [2.24, 2.45) is 0 Å². The Bertz CT molecular complexity index is 931. The molecule has 1 saturated heterocycles. The lowest BCUT2D eigenvalue weighted by molar-refractivity contribution is -0.117. The molecule has 2 N–H and O–H groups in total. The van der Waals surface area contributed by atoms with Gasteiger partial charge in [0.15, 0.2) is 0 Å². The van der Waals surface area contributed by atoms with Gasteiger partial charge in [-0.3, -0.25) is 9.69 Å². The molecule has 9 heteroatoms. The zero-order chi connectivity index (χ0) is 20.1. The van der Waals surface area contributed by atoms with Gasteiger partial charge in [-0.1, -0.05) is 41.4 Å². The molecule has 1 amide bonds. The minimum Gasteiger partial charge on any atom is -0.325 e. The molecule has 6 nitrogen and oxygen atoms in total. The van der Waals surface area contributed by atoms with Gasteiger partial charge in [-0.15, -0.1) is 0 Å². The average Bonchev–Trinajstić information content (AvgIpc) is 2.66. The first-order valence-corrected chi connectivity index (χ1v) is 11.1. The van der Waals surface area contributed by atoms with E-state index in [1.807, 2.05) is 35.2 Å². The molecule has 150 valence electrons. The van der Waals surface area contributed by atoms with E-state index in [1.165, 1.54) is 18.2 Å². The van der Waals surface area contributed by atoms with Crippen LogP contribution in [0.2, 0.25) is 10.0 Å². The Morgan fingerprint density at radius 1 is 1.04 bits per heavy atom. The zero-order valence-electron chi connectivity index (χ0n) is 15.1. The number of amides is 1. The number of piperidine rings is 1. The van der Waals surface area contributed by atoms with Crippen LogP contribution in [0.1, 0.15) is 12.8 Å². The number of rotatable bonds is 6. The maximum atomic E-state index is 12.5. The molecule has 0 bridgehead atoms. The summed E-state index contributed by atoms with van der Waals surface area (Å²) in [6.07, 6.45) is 1.25. The van der Waals surface area contributed by atoms with Crippen LogP contribution in [0.15, 0.2) is 53.4 Å². The van der Waals surface area contributed by atoms with Gasteiger partial charge in [-0.2, -0.15) is 0 Å². The second-order valence-electron chi connectivity index (χ2n) is 6.66. The second kappa shape index (κ2) is 9.24. The molecule has 3 rings (SSSR count). The van der Waals surface area contributed by atoms with Crippen LogP contribution in [0.25, 0.3) is 0 Å². The summed E-state index contributed by atoms with van der Waals surface area (Å²) in [5, 5.41) is 3.36. The number of likely N-dealkylation sites (tertiary alicyclic amines) is 1. The molecule has 28 heavy (non-hydrogen) atoms. The normalized spacial score (nSPS) is 16.1. The highest BCUT2D eigenvalue weighted by atomic mass is 35.5. The van der Waals surface area contributed by atoms with Crippen molar-refractivity contribution in [2.75, 3.05) is 25.0 Å². The van der Waals surface area contributed by atoms with Gasteiger partial charge in [-0.25, -0.2) is 13.1 Å². The minimum absolute atomic E-state index is 0.0824. The third kappa shape index (κ3) is 5.68. The Hall–Kier alpha value is -1.64. The summed E-state index contributed by atoms with van der Waals surface area (Å²) in [6.45, 7) is 1.55. The highest BCUT2D eigenvalue weighted by Crippen LogP contribution is 2.25. The molecule has 2 aromatic rings. The van der Waals surface area contributed by atoms with Crippen molar-refractivity contribution in [3.63, 3.8) is 0 Å². The van der Waals surface area contributed by atoms with E-state index in [4.69, 9.17) is 23.2 Å². The fourth-order valence-corrected chi connectivity index (χ4v) is 4.76. The largest absolute Gasteiger partial charge is 0.325 e. The van der Waals surface area contributed by atoms with Crippen LogP contribution in [0.5, 0.6) is 0 Å². The van der Waals surface area contributed by atoms with Crippen molar-refractivity contribution in [1.82, 2.24) is 9.62 Å². The molecular formula is C19H21Cl2N3O3S. The molecule has 2 aromatic carbocycles. The van der Waals surface area contributed by atoms with E-state index in [9.17, 15) is 13.2 Å². The summed E-state index contributed by atoms with van der Waals surface area (Å²) >= 11 is 11.8. The van der Waals surface area contributed by atoms with Gasteiger partial charge in [0.2, 0.25) is 15.9 Å². The molecule has 0 aromatic heterocycles. The number of hydrogen-bond donors (Lipinski definition) is 2. The van der Waals surface area contributed by atoms with Crippen molar-refractivity contribution in [2.45, 2.75) is 23.8 Å². The first-order chi connectivity index (χ1) is 13.3. The van der Waals surface area contributed by atoms with Crippen molar-refractivity contribution in [3.05, 3.63) is 58.6 Å². The number of hydrogen-bond acceptors (Lipinski definition) is 4. The van der Waals surface area contributed by atoms with Crippen LogP contribution in [-0.2, 0) is 14.8 Å². The fraction of sp³-hybridized carbons (Fsp3) is 0.316. The van der Waals surface area contributed by atoms with Crippen LogP contribution in [0, 0.1) is 0 Å². The van der Waals surface area contributed by atoms with Crippen LogP contribution >= 0.6 is 23.2 Å². The van der Waals surface area contributed by atoms with Crippen LogP contribution in [-0.4, -0.2) is 44.9 Å². The molecule has 0 unspecified atom stereocenters. The zero-order valence-corrected chi connectivity index (χ0v) is 17.4. The summed E-state index contributed by atoms with van der Waals surface area (Å²) in [4.78, 5) is 14.3. The summed E-state index contributed by atoms with van der Waals surface area (Å²) in [5.74, 6) is -0.0824. The number of anilines is 1. The molecule has 0 atom stereocenters. The Balaban J connectivity index is 1.49. The SMILES string of the molecule is O=C(CN1CCC(NS(=O)(=O)c2ccc(Cl)c(Cl)c2)CC1)Nc1ccccc1. The Labute approximate surface area is 174 Å². The van der Waals surface area contributed by atoms with E-state index in [0.29, 0.717) is 31.0 Å². The third-order valence-corrected chi connectivity index (χ3v) is 6.79. The lowest BCUT2D eigenvalue weighted by Crippen LogP contribution is -2.46. The van der Waals surface area contributed by atoms with Crippen molar-refractivity contribution < 1.29 is 13.2 Å². The number of sulfonamides is 1. The molecule has 1 fully saturated rings. The minimum atomic E-state index is -3.67. The fourth-order valence-electron chi connectivity index (χ4n) is 3.07. The first kappa shape index (κ1) is 21.1. The van der Waals surface area contributed by atoms with Gasteiger partial charge < -0.3 is 5.32 Å². The first-order valence-electron chi connectivity index (χ1n) is 8.88. The summed E-state index contributed by atoms with van der Waals surface area (Å²) < 4.78 is 27.8. The third-order valence-electron chi connectivity index (χ3n) is 4.54. The molecular weight excluding hydrogens is 421 g/mol. The number of carbonyl (C=O) groups excluding carboxylic acids is 1. The Kier molecular flexibility index (Phi) is 6.95. The standard InChI is InChI=1S/C19H21Cl2N3O3S/c20-17-7-6-16(12-18(17)21)28(26,27)23-15-8-10-24(11-9-15)13-19(25)22-14-4-2-1-3-5-14/h1-7,12,15,23H,8-11,13H2,(H,22,25). The highest BCUT2D eigenvalue weighted by Gasteiger charge is 2.25.